The van der Waals surface area contributed by atoms with Gasteiger partial charge in [0.2, 0.25) is 0 Å². The van der Waals surface area contributed by atoms with Crippen molar-refractivity contribution in [1.29, 1.82) is 0 Å². The minimum atomic E-state index is 0.258. The highest BCUT2D eigenvalue weighted by atomic mass is 32.2. The van der Waals surface area contributed by atoms with Gasteiger partial charge in [-0.05, 0) is 47.9 Å². The van der Waals surface area contributed by atoms with E-state index >= 15 is 0 Å². The molecule has 0 heterocycles. The van der Waals surface area contributed by atoms with E-state index in [4.69, 9.17) is 5.73 Å². The second kappa shape index (κ2) is 6.78. The Labute approximate surface area is 120 Å². The molecule has 2 aromatic carbocycles. The molecule has 0 saturated carbocycles. The zero-order valence-electron chi connectivity index (χ0n) is 11.6. The molecule has 2 aromatic rings. The van der Waals surface area contributed by atoms with Crippen LogP contribution < -0.4 is 5.73 Å². The molecule has 0 aliphatic carbocycles. The van der Waals surface area contributed by atoms with Crippen molar-refractivity contribution in [2.24, 2.45) is 5.73 Å². The number of hydrogen-bond donors (Lipinski definition) is 1. The van der Waals surface area contributed by atoms with Crippen molar-refractivity contribution in [3.05, 3.63) is 54.1 Å². The third-order valence-electron chi connectivity index (χ3n) is 3.37. The topological polar surface area (TPSA) is 26.0 Å². The normalized spacial score (nSPS) is 12.4. The quantitative estimate of drug-likeness (QED) is 0.818. The lowest BCUT2D eigenvalue weighted by Gasteiger charge is -2.10. The van der Waals surface area contributed by atoms with E-state index in [-0.39, 0.29) is 6.04 Å². The summed E-state index contributed by atoms with van der Waals surface area (Å²) in [6.07, 6.45) is 4.07. The fourth-order valence-electron chi connectivity index (χ4n) is 2.11. The van der Waals surface area contributed by atoms with Crippen molar-refractivity contribution < 1.29 is 0 Å². The van der Waals surface area contributed by atoms with Crippen LogP contribution in [0.4, 0.5) is 0 Å². The first-order valence-electron chi connectivity index (χ1n) is 6.72. The Balaban J connectivity index is 2.21. The van der Waals surface area contributed by atoms with Crippen LogP contribution in [0.2, 0.25) is 0 Å². The van der Waals surface area contributed by atoms with Crippen LogP contribution in [0.3, 0.4) is 0 Å². The van der Waals surface area contributed by atoms with E-state index in [2.05, 4.69) is 61.7 Å². The van der Waals surface area contributed by atoms with Crippen LogP contribution >= 0.6 is 11.8 Å². The summed E-state index contributed by atoms with van der Waals surface area (Å²) in [6.45, 7) is 2.13. The summed E-state index contributed by atoms with van der Waals surface area (Å²) in [5.74, 6) is 0. The van der Waals surface area contributed by atoms with E-state index in [9.17, 15) is 0 Å². The average Bonchev–Trinajstić information content (AvgIpc) is 2.47. The Bertz CT molecular complexity index is 519. The van der Waals surface area contributed by atoms with E-state index in [1.54, 1.807) is 11.8 Å². The predicted molar refractivity (Wildman–Crippen MR) is 85.6 cm³/mol. The van der Waals surface area contributed by atoms with Crippen LogP contribution in [0.15, 0.2) is 53.4 Å². The molecule has 1 unspecified atom stereocenters. The number of rotatable bonds is 5. The standard InChI is InChI=1S/C17H21NS/c1-3-16(18)12-13-5-4-6-15(11-13)14-7-9-17(19-2)10-8-14/h4-11,16H,3,12,18H2,1-2H3. The molecule has 0 aromatic heterocycles. The number of thioether (sulfide) groups is 1. The SMILES string of the molecule is CCC(N)Cc1cccc(-c2ccc(SC)cc2)c1. The molecule has 100 valence electrons. The average molecular weight is 271 g/mol. The Morgan fingerprint density at radius 3 is 2.42 bits per heavy atom. The fourth-order valence-corrected chi connectivity index (χ4v) is 2.52. The first-order valence-corrected chi connectivity index (χ1v) is 7.94. The first-order chi connectivity index (χ1) is 9.22. The zero-order chi connectivity index (χ0) is 13.7. The van der Waals surface area contributed by atoms with E-state index in [1.165, 1.54) is 21.6 Å². The van der Waals surface area contributed by atoms with E-state index in [0.717, 1.165) is 12.8 Å². The van der Waals surface area contributed by atoms with Gasteiger partial charge in [-0.25, -0.2) is 0 Å². The molecule has 0 fully saturated rings. The lowest BCUT2D eigenvalue weighted by Crippen LogP contribution is -2.21. The Morgan fingerprint density at radius 2 is 1.79 bits per heavy atom. The molecule has 2 rings (SSSR count). The molecule has 0 radical (unpaired) electrons. The van der Waals surface area contributed by atoms with E-state index in [0.29, 0.717) is 0 Å². The van der Waals surface area contributed by atoms with Gasteiger partial charge >= 0.3 is 0 Å². The monoisotopic (exact) mass is 271 g/mol. The van der Waals surface area contributed by atoms with Gasteiger partial charge in [0.05, 0.1) is 0 Å². The molecule has 0 aliphatic rings. The fraction of sp³-hybridized carbons (Fsp3) is 0.294. The summed E-state index contributed by atoms with van der Waals surface area (Å²) >= 11 is 1.77. The minimum absolute atomic E-state index is 0.258. The van der Waals surface area contributed by atoms with Gasteiger partial charge in [0.15, 0.2) is 0 Å². The lowest BCUT2D eigenvalue weighted by molar-refractivity contribution is 0.646. The lowest BCUT2D eigenvalue weighted by atomic mass is 9.99. The molecule has 0 saturated heterocycles. The van der Waals surface area contributed by atoms with E-state index < -0.39 is 0 Å². The van der Waals surface area contributed by atoms with Crippen molar-refractivity contribution in [1.82, 2.24) is 0 Å². The van der Waals surface area contributed by atoms with Crippen LogP contribution in [-0.2, 0) is 6.42 Å². The summed E-state index contributed by atoms with van der Waals surface area (Å²) in [7, 11) is 0. The highest BCUT2D eigenvalue weighted by Gasteiger charge is 2.03. The van der Waals surface area contributed by atoms with Crippen molar-refractivity contribution >= 4 is 11.8 Å². The van der Waals surface area contributed by atoms with Gasteiger partial charge in [-0.3, -0.25) is 0 Å². The molecular formula is C17H21NS. The first kappa shape index (κ1) is 14.2. The molecule has 0 spiro atoms. The van der Waals surface area contributed by atoms with Gasteiger partial charge in [-0.15, -0.1) is 11.8 Å². The van der Waals surface area contributed by atoms with Crippen molar-refractivity contribution in [3.63, 3.8) is 0 Å². The Morgan fingerprint density at radius 1 is 1.05 bits per heavy atom. The molecule has 19 heavy (non-hydrogen) atoms. The summed E-state index contributed by atoms with van der Waals surface area (Å²) < 4.78 is 0. The minimum Gasteiger partial charge on any atom is -0.327 e. The number of benzene rings is 2. The third-order valence-corrected chi connectivity index (χ3v) is 4.12. The van der Waals surface area contributed by atoms with E-state index in [1.807, 2.05) is 0 Å². The molecule has 0 aliphatic heterocycles. The van der Waals surface area contributed by atoms with Gasteiger partial charge < -0.3 is 5.73 Å². The van der Waals surface area contributed by atoms with Crippen LogP contribution in [0.1, 0.15) is 18.9 Å². The number of hydrogen-bond acceptors (Lipinski definition) is 2. The molecule has 1 nitrogen and oxygen atoms in total. The molecule has 2 N–H and O–H groups in total. The second-order valence-electron chi connectivity index (χ2n) is 4.80. The van der Waals surface area contributed by atoms with Gasteiger partial charge in [0.1, 0.15) is 0 Å². The van der Waals surface area contributed by atoms with Gasteiger partial charge in [-0.2, -0.15) is 0 Å². The summed E-state index contributed by atoms with van der Waals surface area (Å²) in [6, 6.07) is 17.7. The maximum absolute atomic E-state index is 6.03. The summed E-state index contributed by atoms with van der Waals surface area (Å²) in [5, 5.41) is 0. The Kier molecular flexibility index (Phi) is 5.06. The predicted octanol–water partition coefficient (Wildman–Crippen LogP) is 4.36. The Hall–Kier alpha value is -1.25. The zero-order valence-corrected chi connectivity index (χ0v) is 12.4. The smallest absolute Gasteiger partial charge is 0.00767 e. The van der Waals surface area contributed by atoms with Gasteiger partial charge in [0.25, 0.3) is 0 Å². The van der Waals surface area contributed by atoms with Crippen LogP contribution in [0.5, 0.6) is 0 Å². The van der Waals surface area contributed by atoms with Gasteiger partial charge in [0, 0.05) is 10.9 Å². The highest BCUT2D eigenvalue weighted by Crippen LogP contribution is 2.24. The highest BCUT2D eigenvalue weighted by molar-refractivity contribution is 7.98. The van der Waals surface area contributed by atoms with Crippen LogP contribution in [0.25, 0.3) is 11.1 Å². The molecule has 2 heteroatoms. The maximum Gasteiger partial charge on any atom is 0.00767 e. The molecule has 1 atom stereocenters. The largest absolute Gasteiger partial charge is 0.327 e. The van der Waals surface area contributed by atoms with Crippen molar-refractivity contribution in [3.8, 4) is 11.1 Å². The molecular weight excluding hydrogens is 250 g/mol. The van der Waals surface area contributed by atoms with Crippen LogP contribution in [-0.4, -0.2) is 12.3 Å². The van der Waals surface area contributed by atoms with Crippen molar-refractivity contribution in [2.75, 3.05) is 6.26 Å². The second-order valence-corrected chi connectivity index (χ2v) is 5.68. The molecule has 0 bridgehead atoms. The van der Waals surface area contributed by atoms with Crippen molar-refractivity contribution in [2.45, 2.75) is 30.7 Å². The maximum atomic E-state index is 6.03. The summed E-state index contributed by atoms with van der Waals surface area (Å²) in [4.78, 5) is 1.30. The van der Waals surface area contributed by atoms with Gasteiger partial charge in [-0.1, -0.05) is 43.3 Å². The summed E-state index contributed by atoms with van der Waals surface area (Å²) in [5.41, 5.74) is 9.89. The van der Waals surface area contributed by atoms with Crippen LogP contribution in [0, 0.1) is 0 Å². The molecule has 0 amide bonds. The third kappa shape index (κ3) is 3.85. The number of nitrogens with two attached hydrogens (primary N) is 1.